The number of nitrogens with zero attached hydrogens (tertiary/aromatic N) is 2. The molecule has 0 aromatic heterocycles. The van der Waals surface area contributed by atoms with Gasteiger partial charge in [0.15, 0.2) is 0 Å². The fraction of sp³-hybridized carbons (Fsp3) is 0.727. The van der Waals surface area contributed by atoms with Gasteiger partial charge in [0.2, 0.25) is 0 Å². The molecule has 1 aromatic carbocycles. The molecule has 0 aliphatic carbocycles. The Morgan fingerprint density at radius 3 is 1.50 bits per heavy atom. The van der Waals surface area contributed by atoms with Gasteiger partial charge in [-0.3, -0.25) is 0 Å². The molecule has 2 unspecified atom stereocenters. The Morgan fingerprint density at radius 2 is 1.19 bits per heavy atom. The van der Waals surface area contributed by atoms with Gasteiger partial charge in [0.1, 0.15) is 11.4 Å². The van der Waals surface area contributed by atoms with E-state index in [0.29, 0.717) is 0 Å². The number of anilines is 2. The highest BCUT2D eigenvalue weighted by Gasteiger charge is 2.39. The number of rotatable bonds is 6. The summed E-state index contributed by atoms with van der Waals surface area (Å²) in [6, 6.07) is 8.78. The van der Waals surface area contributed by atoms with Gasteiger partial charge in [-0.1, -0.05) is 12.1 Å². The van der Waals surface area contributed by atoms with Crippen molar-refractivity contribution in [2.24, 2.45) is 0 Å². The molecule has 0 N–H and O–H groups in total. The van der Waals surface area contributed by atoms with Crippen molar-refractivity contribution >= 4 is 11.4 Å². The molecule has 4 heteroatoms. The van der Waals surface area contributed by atoms with Crippen molar-refractivity contribution in [2.45, 2.75) is 77.7 Å². The van der Waals surface area contributed by atoms with Crippen molar-refractivity contribution in [1.29, 1.82) is 0 Å². The predicted molar refractivity (Wildman–Crippen MR) is 109 cm³/mol. The summed E-state index contributed by atoms with van der Waals surface area (Å²) in [5.41, 5.74) is 2.07. The molecule has 0 saturated carbocycles. The lowest BCUT2D eigenvalue weighted by atomic mass is 9.99. The maximum atomic E-state index is 6.29. The van der Waals surface area contributed by atoms with E-state index in [4.69, 9.17) is 9.47 Å². The molecule has 26 heavy (non-hydrogen) atoms. The number of hydrogen-bond donors (Lipinski definition) is 0. The zero-order chi connectivity index (χ0) is 18.6. The third-order valence-electron chi connectivity index (χ3n) is 6.13. The first-order valence-electron chi connectivity index (χ1n) is 10.5. The van der Waals surface area contributed by atoms with E-state index in [0.717, 1.165) is 39.1 Å². The number of para-hydroxylation sites is 2. The summed E-state index contributed by atoms with van der Waals surface area (Å²) >= 11 is 0. The number of ether oxygens (including phenoxy) is 2. The Bertz CT molecular complexity index is 526. The van der Waals surface area contributed by atoms with Crippen molar-refractivity contribution in [3.8, 4) is 0 Å². The third kappa shape index (κ3) is 3.72. The molecule has 2 aliphatic rings. The van der Waals surface area contributed by atoms with Crippen molar-refractivity contribution in [3.05, 3.63) is 24.3 Å². The standard InChI is InChI=1S/C22H36N2O2/c1-5-23(21(3)15-9-11-17-25-21)19-13-7-8-14-20(19)24(6-2)22(4)16-10-12-18-26-22/h7-8,13-14H,5-6,9-12,15-18H2,1-4H3. The molecule has 146 valence electrons. The highest BCUT2D eigenvalue weighted by atomic mass is 16.5. The van der Waals surface area contributed by atoms with Crippen molar-refractivity contribution < 1.29 is 9.47 Å². The summed E-state index contributed by atoms with van der Waals surface area (Å²) in [7, 11) is 0. The maximum absolute atomic E-state index is 6.29. The first-order chi connectivity index (χ1) is 12.5. The summed E-state index contributed by atoms with van der Waals surface area (Å²) in [4.78, 5) is 4.91. The summed E-state index contributed by atoms with van der Waals surface area (Å²) in [6.07, 6.45) is 6.95. The topological polar surface area (TPSA) is 24.9 Å². The largest absolute Gasteiger partial charge is 0.356 e. The zero-order valence-electron chi connectivity index (χ0n) is 17.1. The van der Waals surface area contributed by atoms with Crippen LogP contribution in [0.3, 0.4) is 0 Å². The number of benzene rings is 1. The summed E-state index contributed by atoms with van der Waals surface area (Å²) in [5, 5.41) is 0. The van der Waals surface area contributed by atoms with Gasteiger partial charge in [0, 0.05) is 26.3 Å². The van der Waals surface area contributed by atoms with Crippen molar-refractivity contribution in [3.63, 3.8) is 0 Å². The third-order valence-corrected chi connectivity index (χ3v) is 6.13. The molecule has 4 nitrogen and oxygen atoms in total. The fourth-order valence-corrected chi connectivity index (χ4v) is 4.70. The molecule has 2 atom stereocenters. The first-order valence-corrected chi connectivity index (χ1v) is 10.5. The van der Waals surface area contributed by atoms with Crippen LogP contribution in [0.5, 0.6) is 0 Å². The van der Waals surface area contributed by atoms with Gasteiger partial charge in [-0.05, 0) is 78.4 Å². The highest BCUT2D eigenvalue weighted by Crippen LogP contribution is 2.41. The summed E-state index contributed by atoms with van der Waals surface area (Å²) in [6.45, 7) is 12.5. The molecule has 2 aliphatic heterocycles. The SMILES string of the molecule is CCN(c1ccccc1N(CC)C1(C)CCCCO1)C1(C)CCCCO1. The van der Waals surface area contributed by atoms with Crippen LogP contribution >= 0.6 is 0 Å². The summed E-state index contributed by atoms with van der Waals surface area (Å²) < 4.78 is 12.6. The Balaban J connectivity index is 1.98. The van der Waals surface area contributed by atoms with E-state index in [9.17, 15) is 0 Å². The minimum Gasteiger partial charge on any atom is -0.356 e. The smallest absolute Gasteiger partial charge is 0.138 e. The van der Waals surface area contributed by atoms with E-state index >= 15 is 0 Å². The monoisotopic (exact) mass is 360 g/mol. The van der Waals surface area contributed by atoms with Crippen LogP contribution in [0.15, 0.2) is 24.3 Å². The Hall–Kier alpha value is -1.26. The van der Waals surface area contributed by atoms with Crippen LogP contribution in [0.25, 0.3) is 0 Å². The molecule has 1 aromatic rings. The fourth-order valence-electron chi connectivity index (χ4n) is 4.70. The van der Waals surface area contributed by atoms with Crippen LogP contribution in [-0.2, 0) is 9.47 Å². The Labute approximate surface area is 159 Å². The molecule has 2 heterocycles. The van der Waals surface area contributed by atoms with E-state index in [1.165, 1.54) is 37.1 Å². The molecular formula is C22H36N2O2. The van der Waals surface area contributed by atoms with Crippen LogP contribution < -0.4 is 9.80 Å². The van der Waals surface area contributed by atoms with Crippen LogP contribution in [0, 0.1) is 0 Å². The van der Waals surface area contributed by atoms with Gasteiger partial charge in [0.25, 0.3) is 0 Å². The van der Waals surface area contributed by atoms with Crippen LogP contribution in [0.4, 0.5) is 11.4 Å². The van der Waals surface area contributed by atoms with Crippen LogP contribution in [0.1, 0.15) is 66.2 Å². The second kappa shape index (κ2) is 8.18. The predicted octanol–water partition coefficient (Wildman–Crippen LogP) is 5.17. The number of hydrogen-bond acceptors (Lipinski definition) is 4. The molecule has 0 bridgehead atoms. The molecule has 0 spiro atoms. The average Bonchev–Trinajstić information content (AvgIpc) is 2.65. The molecule has 2 fully saturated rings. The lowest BCUT2D eigenvalue weighted by Crippen LogP contribution is -2.53. The molecule has 3 rings (SSSR count). The second-order valence-electron chi connectivity index (χ2n) is 7.94. The molecular weight excluding hydrogens is 324 g/mol. The minimum atomic E-state index is -0.225. The van der Waals surface area contributed by atoms with Gasteiger partial charge in [-0.25, -0.2) is 0 Å². The zero-order valence-corrected chi connectivity index (χ0v) is 17.1. The van der Waals surface area contributed by atoms with Crippen molar-refractivity contribution in [2.75, 3.05) is 36.1 Å². The second-order valence-corrected chi connectivity index (χ2v) is 7.94. The lowest BCUT2D eigenvalue weighted by Gasteiger charge is -2.49. The van der Waals surface area contributed by atoms with Gasteiger partial charge in [-0.15, -0.1) is 0 Å². The molecule has 0 radical (unpaired) electrons. The van der Waals surface area contributed by atoms with Gasteiger partial charge in [-0.2, -0.15) is 0 Å². The van der Waals surface area contributed by atoms with E-state index < -0.39 is 0 Å². The Kier molecular flexibility index (Phi) is 6.13. The average molecular weight is 361 g/mol. The summed E-state index contributed by atoms with van der Waals surface area (Å²) in [5.74, 6) is 0. The minimum absolute atomic E-state index is 0.225. The maximum Gasteiger partial charge on any atom is 0.138 e. The highest BCUT2D eigenvalue weighted by molar-refractivity contribution is 5.72. The van der Waals surface area contributed by atoms with E-state index in [1.807, 2.05) is 0 Å². The van der Waals surface area contributed by atoms with Crippen molar-refractivity contribution in [1.82, 2.24) is 0 Å². The van der Waals surface area contributed by atoms with Gasteiger partial charge in [0.05, 0.1) is 11.4 Å². The van der Waals surface area contributed by atoms with Gasteiger partial charge < -0.3 is 19.3 Å². The molecule has 0 amide bonds. The van der Waals surface area contributed by atoms with Crippen LogP contribution in [-0.4, -0.2) is 37.8 Å². The quantitative estimate of drug-likeness (QED) is 0.698. The van der Waals surface area contributed by atoms with E-state index in [2.05, 4.69) is 61.8 Å². The normalized spacial score (nSPS) is 29.4. The van der Waals surface area contributed by atoms with E-state index in [1.54, 1.807) is 0 Å². The van der Waals surface area contributed by atoms with E-state index in [-0.39, 0.29) is 11.4 Å². The van der Waals surface area contributed by atoms with Gasteiger partial charge >= 0.3 is 0 Å². The lowest BCUT2D eigenvalue weighted by molar-refractivity contribution is -0.0685. The Morgan fingerprint density at radius 1 is 0.769 bits per heavy atom. The van der Waals surface area contributed by atoms with Crippen LogP contribution in [0.2, 0.25) is 0 Å². The molecule has 2 saturated heterocycles. The first kappa shape index (κ1) is 19.5.